The van der Waals surface area contributed by atoms with Crippen molar-refractivity contribution in [3.63, 3.8) is 0 Å². The molecule has 1 atom stereocenters. The van der Waals surface area contributed by atoms with E-state index in [1.54, 1.807) is 12.1 Å². The van der Waals surface area contributed by atoms with Gasteiger partial charge in [0.25, 0.3) is 6.43 Å². The first-order valence-corrected chi connectivity index (χ1v) is 4.89. The second-order valence-electron chi connectivity index (χ2n) is 3.62. The second-order valence-corrected chi connectivity index (χ2v) is 3.62. The van der Waals surface area contributed by atoms with Gasteiger partial charge in [-0.3, -0.25) is 0 Å². The van der Waals surface area contributed by atoms with Crippen molar-refractivity contribution in [3.05, 3.63) is 35.4 Å². The van der Waals surface area contributed by atoms with Crippen molar-refractivity contribution in [1.29, 1.82) is 0 Å². The molecule has 1 nitrogen and oxygen atoms in total. The first kappa shape index (κ1) is 9.59. The van der Waals surface area contributed by atoms with Gasteiger partial charge < -0.3 is 5.32 Å². The largest absolute Gasteiger partial charge is 0.310 e. The van der Waals surface area contributed by atoms with Crippen LogP contribution in [0.3, 0.4) is 0 Å². The van der Waals surface area contributed by atoms with Crippen molar-refractivity contribution in [1.82, 2.24) is 5.32 Å². The number of nitrogens with one attached hydrogen (secondary N) is 1. The monoisotopic (exact) mass is 197 g/mol. The van der Waals surface area contributed by atoms with Crippen molar-refractivity contribution in [2.45, 2.75) is 25.3 Å². The molecule has 0 saturated carbocycles. The SMILES string of the molecule is FC(F)c1ccc([C@@H]2CCCN2)cc1. The fraction of sp³-hybridized carbons (Fsp3) is 0.455. The normalized spacial score (nSPS) is 21.8. The molecule has 1 saturated heterocycles. The van der Waals surface area contributed by atoms with Crippen LogP contribution in [0.4, 0.5) is 8.78 Å². The van der Waals surface area contributed by atoms with E-state index >= 15 is 0 Å². The summed E-state index contributed by atoms with van der Waals surface area (Å²) in [6.45, 7) is 1.03. The lowest BCUT2D eigenvalue weighted by molar-refractivity contribution is 0.151. The Labute approximate surface area is 82.1 Å². The summed E-state index contributed by atoms with van der Waals surface area (Å²) in [5, 5.41) is 3.33. The number of halogens is 2. The molecule has 1 fully saturated rings. The third-order valence-electron chi connectivity index (χ3n) is 2.65. The average Bonchev–Trinajstić information content (AvgIpc) is 2.71. The van der Waals surface area contributed by atoms with Gasteiger partial charge in [0.05, 0.1) is 0 Å². The molecule has 0 unspecified atom stereocenters. The topological polar surface area (TPSA) is 12.0 Å². The van der Waals surface area contributed by atoms with Crippen LogP contribution in [0.5, 0.6) is 0 Å². The van der Waals surface area contributed by atoms with Crippen LogP contribution in [-0.2, 0) is 0 Å². The molecule has 1 aromatic rings. The Kier molecular flexibility index (Phi) is 2.77. The van der Waals surface area contributed by atoms with Crippen molar-refractivity contribution in [3.8, 4) is 0 Å². The lowest BCUT2D eigenvalue weighted by Gasteiger charge is -2.10. The van der Waals surface area contributed by atoms with Gasteiger partial charge in [0.1, 0.15) is 0 Å². The average molecular weight is 197 g/mol. The molecule has 0 radical (unpaired) electrons. The molecule has 14 heavy (non-hydrogen) atoms. The van der Waals surface area contributed by atoms with Crippen LogP contribution in [0.1, 0.15) is 36.4 Å². The Bertz CT molecular complexity index is 289. The van der Waals surface area contributed by atoms with E-state index in [2.05, 4.69) is 5.32 Å². The molecule has 2 rings (SSSR count). The Balaban J connectivity index is 2.12. The molecule has 0 bridgehead atoms. The number of alkyl halides is 2. The van der Waals surface area contributed by atoms with Gasteiger partial charge in [0.15, 0.2) is 0 Å². The minimum atomic E-state index is -2.36. The Morgan fingerprint density at radius 3 is 2.43 bits per heavy atom. The molecular formula is C11H13F2N. The maximum absolute atomic E-state index is 12.3. The lowest BCUT2D eigenvalue weighted by atomic mass is 10.0. The molecule has 1 heterocycles. The number of hydrogen-bond donors (Lipinski definition) is 1. The summed E-state index contributed by atoms with van der Waals surface area (Å²) in [7, 11) is 0. The summed E-state index contributed by atoms with van der Waals surface area (Å²) in [5.74, 6) is 0. The molecule has 1 aromatic carbocycles. The van der Waals surface area contributed by atoms with Crippen molar-refractivity contribution in [2.24, 2.45) is 0 Å². The number of hydrogen-bond acceptors (Lipinski definition) is 1. The van der Waals surface area contributed by atoms with Crippen LogP contribution >= 0.6 is 0 Å². The van der Waals surface area contributed by atoms with E-state index in [9.17, 15) is 8.78 Å². The lowest BCUT2D eigenvalue weighted by Crippen LogP contribution is -2.12. The van der Waals surface area contributed by atoms with Gasteiger partial charge in [-0.15, -0.1) is 0 Å². The van der Waals surface area contributed by atoms with Crippen LogP contribution in [0.2, 0.25) is 0 Å². The van der Waals surface area contributed by atoms with Crippen LogP contribution in [0.15, 0.2) is 24.3 Å². The summed E-state index contributed by atoms with van der Waals surface area (Å²) in [6.07, 6.45) is -0.0875. The van der Waals surface area contributed by atoms with Gasteiger partial charge in [-0.25, -0.2) is 8.78 Å². The maximum Gasteiger partial charge on any atom is 0.263 e. The van der Waals surface area contributed by atoms with Gasteiger partial charge in [-0.2, -0.15) is 0 Å². The van der Waals surface area contributed by atoms with E-state index in [0.717, 1.165) is 18.5 Å². The molecule has 1 N–H and O–H groups in total. The van der Waals surface area contributed by atoms with Crippen molar-refractivity contribution < 1.29 is 8.78 Å². The number of benzene rings is 1. The molecule has 1 aliphatic heterocycles. The van der Waals surface area contributed by atoms with Gasteiger partial charge in [0, 0.05) is 11.6 Å². The Morgan fingerprint density at radius 2 is 1.93 bits per heavy atom. The molecule has 3 heteroatoms. The quantitative estimate of drug-likeness (QED) is 0.768. The summed E-state index contributed by atoms with van der Waals surface area (Å²) >= 11 is 0. The van der Waals surface area contributed by atoms with Gasteiger partial charge in [0.2, 0.25) is 0 Å². The molecule has 76 valence electrons. The zero-order valence-electron chi connectivity index (χ0n) is 7.84. The van der Waals surface area contributed by atoms with E-state index in [4.69, 9.17) is 0 Å². The second kappa shape index (κ2) is 4.05. The van der Waals surface area contributed by atoms with Crippen LogP contribution in [0, 0.1) is 0 Å². The third-order valence-corrected chi connectivity index (χ3v) is 2.65. The molecular weight excluding hydrogens is 184 g/mol. The summed E-state index contributed by atoms with van der Waals surface area (Å²) in [4.78, 5) is 0. The highest BCUT2D eigenvalue weighted by atomic mass is 19.3. The summed E-state index contributed by atoms with van der Waals surface area (Å²) in [5.41, 5.74) is 1.22. The van der Waals surface area contributed by atoms with Crippen molar-refractivity contribution in [2.75, 3.05) is 6.54 Å². The van der Waals surface area contributed by atoms with E-state index in [-0.39, 0.29) is 5.56 Å². The van der Waals surface area contributed by atoms with E-state index in [0.29, 0.717) is 6.04 Å². The highest BCUT2D eigenvalue weighted by Crippen LogP contribution is 2.25. The van der Waals surface area contributed by atoms with Crippen LogP contribution < -0.4 is 5.32 Å². The Morgan fingerprint density at radius 1 is 1.21 bits per heavy atom. The Hall–Kier alpha value is -0.960. The molecule has 0 aliphatic carbocycles. The number of rotatable bonds is 2. The van der Waals surface area contributed by atoms with E-state index in [1.807, 2.05) is 0 Å². The third kappa shape index (κ3) is 1.93. The standard InChI is InChI=1S/C11H13F2N/c12-11(13)9-5-3-8(4-6-9)10-2-1-7-14-10/h3-6,10-11,14H,1-2,7H2/t10-/m0/s1. The van der Waals surface area contributed by atoms with Gasteiger partial charge in [-0.05, 0) is 24.9 Å². The highest BCUT2D eigenvalue weighted by Gasteiger charge is 2.16. The van der Waals surface area contributed by atoms with Crippen LogP contribution in [-0.4, -0.2) is 6.54 Å². The van der Waals surface area contributed by atoms with E-state index < -0.39 is 6.43 Å². The molecule has 0 amide bonds. The van der Waals surface area contributed by atoms with E-state index in [1.165, 1.54) is 18.6 Å². The summed E-state index contributed by atoms with van der Waals surface area (Å²) in [6, 6.07) is 6.98. The van der Waals surface area contributed by atoms with Crippen molar-refractivity contribution >= 4 is 0 Å². The molecule has 0 spiro atoms. The first-order chi connectivity index (χ1) is 6.77. The zero-order chi connectivity index (χ0) is 9.97. The van der Waals surface area contributed by atoms with Gasteiger partial charge in [-0.1, -0.05) is 24.3 Å². The minimum Gasteiger partial charge on any atom is -0.310 e. The first-order valence-electron chi connectivity index (χ1n) is 4.89. The molecule has 0 aromatic heterocycles. The van der Waals surface area contributed by atoms with Crippen LogP contribution in [0.25, 0.3) is 0 Å². The predicted octanol–water partition coefficient (Wildman–Crippen LogP) is 3.05. The predicted molar refractivity (Wildman–Crippen MR) is 51.4 cm³/mol. The summed E-state index contributed by atoms with van der Waals surface area (Å²) < 4.78 is 24.5. The highest BCUT2D eigenvalue weighted by molar-refractivity contribution is 5.26. The smallest absolute Gasteiger partial charge is 0.263 e. The minimum absolute atomic E-state index is 0.103. The molecule has 1 aliphatic rings. The fourth-order valence-electron chi connectivity index (χ4n) is 1.84. The maximum atomic E-state index is 12.3. The fourth-order valence-corrected chi connectivity index (χ4v) is 1.84. The van der Waals surface area contributed by atoms with Gasteiger partial charge >= 0.3 is 0 Å². The zero-order valence-corrected chi connectivity index (χ0v) is 7.84.